The zero-order valence-corrected chi connectivity index (χ0v) is 19.2. The molecule has 0 radical (unpaired) electrons. The number of hydrogen-bond acceptors (Lipinski definition) is 8. The number of aliphatic carboxylic acids is 2. The lowest BCUT2D eigenvalue weighted by Gasteiger charge is -2.24. The molecule has 0 fully saturated rings. The minimum Gasteiger partial charge on any atom is -0.481 e. The van der Waals surface area contributed by atoms with Gasteiger partial charge < -0.3 is 42.7 Å². The van der Waals surface area contributed by atoms with Crippen LogP contribution in [0, 0.1) is 0 Å². The first-order valence-electron chi connectivity index (χ1n) is 11.0. The van der Waals surface area contributed by atoms with Crippen molar-refractivity contribution in [1.29, 1.82) is 0 Å². The van der Waals surface area contributed by atoms with Crippen molar-refractivity contribution in [2.24, 2.45) is 11.5 Å². The highest BCUT2D eigenvalue weighted by Crippen LogP contribution is 2.06. The number of amides is 3. The van der Waals surface area contributed by atoms with Crippen LogP contribution >= 0.6 is 0 Å². The van der Waals surface area contributed by atoms with Gasteiger partial charge in [-0.2, -0.15) is 0 Å². The van der Waals surface area contributed by atoms with Crippen LogP contribution < -0.4 is 27.4 Å². The number of carboxylic acid groups (broad SMARTS) is 2. The standard InChI is InChI=1S/C22H33N5O8/c23-9-5-4-8-14(24)19(31)25-16(11-18(29)30)21(33)26-15(10-13-6-2-1-3-7-13)20(32)27-17(12-28)22(34)35/h1-3,6-7,14-17,28H,4-5,8-12,23-24H2,(H,25,31)(H,26,33)(H,27,32)(H,29,30)(H,34,35). The molecule has 0 spiro atoms. The van der Waals surface area contributed by atoms with Gasteiger partial charge in [-0.05, 0) is 24.9 Å². The first-order chi connectivity index (χ1) is 16.6. The molecule has 194 valence electrons. The van der Waals surface area contributed by atoms with E-state index in [1.807, 2.05) is 0 Å². The molecule has 0 heterocycles. The van der Waals surface area contributed by atoms with Crippen LogP contribution in [-0.2, 0) is 30.4 Å². The summed E-state index contributed by atoms with van der Waals surface area (Å²) in [4.78, 5) is 60.5. The Morgan fingerprint density at radius 3 is 1.94 bits per heavy atom. The minimum absolute atomic E-state index is 0.0669. The number of rotatable bonds is 16. The Morgan fingerprint density at radius 2 is 1.40 bits per heavy atom. The Labute approximate surface area is 202 Å². The monoisotopic (exact) mass is 495 g/mol. The van der Waals surface area contributed by atoms with E-state index in [2.05, 4.69) is 16.0 Å². The molecule has 1 aromatic rings. The van der Waals surface area contributed by atoms with Gasteiger partial charge in [0.2, 0.25) is 17.7 Å². The van der Waals surface area contributed by atoms with Crippen molar-refractivity contribution >= 4 is 29.7 Å². The first-order valence-corrected chi connectivity index (χ1v) is 11.0. The molecule has 0 aromatic heterocycles. The van der Waals surface area contributed by atoms with Crippen LogP contribution in [0.1, 0.15) is 31.2 Å². The molecule has 1 aromatic carbocycles. The number of carboxylic acids is 2. The zero-order chi connectivity index (χ0) is 26.4. The van der Waals surface area contributed by atoms with Crippen LogP contribution in [0.15, 0.2) is 30.3 Å². The van der Waals surface area contributed by atoms with Crippen molar-refractivity contribution in [2.45, 2.75) is 56.3 Å². The van der Waals surface area contributed by atoms with E-state index >= 15 is 0 Å². The molecule has 1 rings (SSSR count). The molecule has 0 bridgehead atoms. The highest BCUT2D eigenvalue weighted by atomic mass is 16.4. The van der Waals surface area contributed by atoms with Crippen molar-refractivity contribution < 1.29 is 39.3 Å². The van der Waals surface area contributed by atoms with Crippen LogP contribution in [0.4, 0.5) is 0 Å². The molecule has 13 heteroatoms. The number of nitrogens with one attached hydrogen (secondary N) is 3. The maximum Gasteiger partial charge on any atom is 0.328 e. The van der Waals surface area contributed by atoms with E-state index in [1.165, 1.54) is 0 Å². The average molecular weight is 496 g/mol. The molecular formula is C22H33N5O8. The summed E-state index contributed by atoms with van der Waals surface area (Å²) in [5.41, 5.74) is 11.8. The maximum atomic E-state index is 12.9. The molecule has 4 atom stereocenters. The highest BCUT2D eigenvalue weighted by Gasteiger charge is 2.31. The lowest BCUT2D eigenvalue weighted by Crippen LogP contribution is -2.58. The smallest absolute Gasteiger partial charge is 0.328 e. The van der Waals surface area contributed by atoms with Crippen molar-refractivity contribution in [3.63, 3.8) is 0 Å². The van der Waals surface area contributed by atoms with Gasteiger partial charge in [-0.25, -0.2) is 4.79 Å². The van der Waals surface area contributed by atoms with E-state index in [-0.39, 0.29) is 12.8 Å². The van der Waals surface area contributed by atoms with Gasteiger partial charge in [0.05, 0.1) is 19.1 Å². The first kappa shape index (κ1) is 29.5. The molecule has 4 unspecified atom stereocenters. The molecule has 0 saturated carbocycles. The summed E-state index contributed by atoms with van der Waals surface area (Å²) in [5.74, 6) is -5.48. The fraction of sp³-hybridized carbons (Fsp3) is 0.500. The number of aliphatic hydroxyl groups excluding tert-OH is 1. The normalized spacial score (nSPS) is 14.1. The minimum atomic E-state index is -1.61. The van der Waals surface area contributed by atoms with E-state index in [0.29, 0.717) is 24.9 Å². The molecule has 3 amide bonds. The van der Waals surface area contributed by atoms with Crippen LogP contribution in [-0.4, -0.2) is 82.3 Å². The van der Waals surface area contributed by atoms with Crippen molar-refractivity contribution in [3.8, 4) is 0 Å². The van der Waals surface area contributed by atoms with Crippen LogP contribution in [0.3, 0.4) is 0 Å². The number of carbonyl (C=O) groups is 5. The maximum absolute atomic E-state index is 12.9. The number of benzene rings is 1. The summed E-state index contributed by atoms with van der Waals surface area (Å²) >= 11 is 0. The summed E-state index contributed by atoms with van der Waals surface area (Å²) in [6.45, 7) is -0.463. The third-order valence-corrected chi connectivity index (χ3v) is 5.03. The number of carbonyl (C=O) groups excluding carboxylic acids is 3. The summed E-state index contributed by atoms with van der Waals surface area (Å²) in [6, 6.07) is 2.99. The fourth-order valence-corrected chi connectivity index (χ4v) is 3.09. The van der Waals surface area contributed by atoms with Gasteiger partial charge in [0, 0.05) is 6.42 Å². The number of aliphatic hydroxyl groups is 1. The third kappa shape index (κ3) is 10.9. The van der Waals surface area contributed by atoms with Gasteiger partial charge in [0.1, 0.15) is 18.1 Å². The van der Waals surface area contributed by atoms with Crippen LogP contribution in [0.25, 0.3) is 0 Å². The molecule has 10 N–H and O–H groups in total. The second kappa shape index (κ2) is 15.4. The largest absolute Gasteiger partial charge is 0.481 e. The molecular weight excluding hydrogens is 462 g/mol. The number of nitrogens with two attached hydrogens (primary N) is 2. The summed E-state index contributed by atoms with van der Waals surface area (Å²) in [6.07, 6.45) is 0.641. The van der Waals surface area contributed by atoms with Gasteiger partial charge in [-0.15, -0.1) is 0 Å². The summed E-state index contributed by atoms with van der Waals surface area (Å²) in [7, 11) is 0. The van der Waals surface area contributed by atoms with Crippen molar-refractivity contribution in [2.75, 3.05) is 13.2 Å². The van der Waals surface area contributed by atoms with Crippen LogP contribution in [0.5, 0.6) is 0 Å². The van der Waals surface area contributed by atoms with E-state index < -0.39 is 66.9 Å². The predicted octanol–water partition coefficient (Wildman–Crippen LogP) is -2.31. The zero-order valence-electron chi connectivity index (χ0n) is 19.2. The van der Waals surface area contributed by atoms with E-state index in [4.69, 9.17) is 16.6 Å². The summed E-state index contributed by atoms with van der Waals surface area (Å²) < 4.78 is 0. The van der Waals surface area contributed by atoms with Crippen molar-refractivity contribution in [1.82, 2.24) is 16.0 Å². The van der Waals surface area contributed by atoms with E-state index in [0.717, 1.165) is 0 Å². The second-order valence-corrected chi connectivity index (χ2v) is 7.88. The van der Waals surface area contributed by atoms with E-state index in [9.17, 15) is 34.2 Å². The Balaban J connectivity index is 3.03. The Bertz CT molecular complexity index is 867. The van der Waals surface area contributed by atoms with Gasteiger partial charge >= 0.3 is 11.9 Å². The predicted molar refractivity (Wildman–Crippen MR) is 124 cm³/mol. The topological polar surface area (TPSA) is 234 Å². The molecule has 0 aliphatic carbocycles. The Kier molecular flexibility index (Phi) is 12.9. The lowest BCUT2D eigenvalue weighted by molar-refractivity contribution is -0.144. The Hall–Kier alpha value is -3.55. The third-order valence-electron chi connectivity index (χ3n) is 5.03. The molecule has 0 aliphatic heterocycles. The van der Waals surface area contributed by atoms with Crippen LogP contribution in [0.2, 0.25) is 0 Å². The molecule has 35 heavy (non-hydrogen) atoms. The van der Waals surface area contributed by atoms with Gasteiger partial charge in [0.25, 0.3) is 0 Å². The quantitative estimate of drug-likeness (QED) is 0.114. The Morgan fingerprint density at radius 1 is 0.829 bits per heavy atom. The molecule has 13 nitrogen and oxygen atoms in total. The number of unbranched alkanes of at least 4 members (excludes halogenated alkanes) is 1. The molecule has 0 aliphatic rings. The highest BCUT2D eigenvalue weighted by molar-refractivity contribution is 5.95. The fourth-order valence-electron chi connectivity index (χ4n) is 3.09. The SMILES string of the molecule is NCCCCC(N)C(=O)NC(CC(=O)O)C(=O)NC(Cc1ccccc1)C(=O)NC(CO)C(=O)O. The van der Waals surface area contributed by atoms with E-state index in [1.54, 1.807) is 30.3 Å². The van der Waals surface area contributed by atoms with Crippen molar-refractivity contribution in [3.05, 3.63) is 35.9 Å². The van der Waals surface area contributed by atoms with Gasteiger partial charge in [-0.1, -0.05) is 36.8 Å². The average Bonchev–Trinajstić information content (AvgIpc) is 2.81. The molecule has 0 saturated heterocycles. The lowest BCUT2D eigenvalue weighted by atomic mass is 10.0. The second-order valence-electron chi connectivity index (χ2n) is 7.88. The van der Waals surface area contributed by atoms with Gasteiger partial charge in [-0.3, -0.25) is 19.2 Å². The summed E-state index contributed by atoms with van der Waals surface area (Å²) in [5, 5.41) is 34.3. The number of hydrogen-bond donors (Lipinski definition) is 8. The van der Waals surface area contributed by atoms with Gasteiger partial charge in [0.15, 0.2) is 0 Å².